The second kappa shape index (κ2) is 19.7. The van der Waals surface area contributed by atoms with E-state index in [1.165, 1.54) is 0 Å². The summed E-state index contributed by atoms with van der Waals surface area (Å²) < 4.78 is 26.7. The first-order valence-corrected chi connectivity index (χ1v) is 21.4. The van der Waals surface area contributed by atoms with Crippen LogP contribution in [0.5, 0.6) is 11.5 Å². The molecule has 2 fully saturated rings. The second-order valence-electron chi connectivity index (χ2n) is 15.7. The van der Waals surface area contributed by atoms with E-state index in [0.717, 1.165) is 78.5 Å². The van der Waals surface area contributed by atoms with Crippen molar-refractivity contribution in [2.75, 3.05) is 65.7 Å². The Kier molecular flexibility index (Phi) is 14.3. The molecular formula is C46H58ClN3O8. The molecule has 58 heavy (non-hydrogen) atoms. The maximum absolute atomic E-state index is 14.6. The Labute approximate surface area is 347 Å². The van der Waals surface area contributed by atoms with Crippen molar-refractivity contribution in [3.63, 3.8) is 0 Å². The third-order valence-electron chi connectivity index (χ3n) is 12.2. The lowest BCUT2D eigenvalue weighted by atomic mass is 9.55. The summed E-state index contributed by atoms with van der Waals surface area (Å²) in [5, 5.41) is 26.6. The van der Waals surface area contributed by atoms with Gasteiger partial charge in [0.15, 0.2) is 0 Å². The second-order valence-corrected chi connectivity index (χ2v) is 16.1. The molecule has 0 bridgehead atoms. The van der Waals surface area contributed by atoms with Crippen molar-refractivity contribution in [3.05, 3.63) is 96.1 Å². The van der Waals surface area contributed by atoms with Gasteiger partial charge in [0.1, 0.15) is 37.9 Å². The molecule has 2 heterocycles. The number of carbonyl (C=O) groups excluding carboxylic acids is 1. The highest BCUT2D eigenvalue weighted by atomic mass is 35.5. The van der Waals surface area contributed by atoms with Crippen LogP contribution in [0.4, 0.5) is 4.79 Å². The normalized spacial score (nSPS) is 25.3. The highest BCUT2D eigenvalue weighted by Crippen LogP contribution is 2.62. The lowest BCUT2D eigenvalue weighted by molar-refractivity contribution is -0.256. The van der Waals surface area contributed by atoms with Gasteiger partial charge in [-0.2, -0.15) is 0 Å². The third-order valence-corrected chi connectivity index (χ3v) is 12.4. The van der Waals surface area contributed by atoms with Gasteiger partial charge in [0.2, 0.25) is 5.79 Å². The van der Waals surface area contributed by atoms with E-state index in [9.17, 15) is 15.0 Å². The van der Waals surface area contributed by atoms with E-state index in [4.69, 9.17) is 40.5 Å². The van der Waals surface area contributed by atoms with Crippen molar-refractivity contribution in [2.45, 2.75) is 69.2 Å². The molecule has 1 saturated heterocycles. The Morgan fingerprint density at radius 2 is 1.84 bits per heavy atom. The zero-order valence-electron chi connectivity index (χ0n) is 33.6. The highest BCUT2D eigenvalue weighted by Gasteiger charge is 2.65. The zero-order chi connectivity index (χ0) is 40.5. The SMILES string of the molecule is C=CCO[C@@]12Oc3ccc(OCCN4CC4)cc3[C@H]3[C@H](CCCCO)[C@@H](CCCCO)C=C(C(=NOC)C[C@@H]1N(Cc1cccc4ccccc14)C(=O)OCCCl)[C@H]32. The fraction of sp³-hybridized carbons (Fsp3) is 0.522. The van der Waals surface area contributed by atoms with Crippen molar-refractivity contribution in [1.29, 1.82) is 0 Å². The maximum Gasteiger partial charge on any atom is 0.410 e. The molecule has 0 radical (unpaired) electrons. The number of aliphatic hydroxyl groups excluding tert-OH is 2. The number of allylic oxidation sites excluding steroid dienone is 1. The van der Waals surface area contributed by atoms with E-state index < -0.39 is 23.8 Å². The van der Waals surface area contributed by atoms with Crippen molar-refractivity contribution in [3.8, 4) is 11.5 Å². The van der Waals surface area contributed by atoms with Gasteiger partial charge in [-0.3, -0.25) is 9.80 Å². The number of ether oxygens (including phenoxy) is 4. The molecule has 12 heteroatoms. The van der Waals surface area contributed by atoms with Crippen LogP contribution in [0.3, 0.4) is 0 Å². The van der Waals surface area contributed by atoms with Gasteiger partial charge in [-0.05, 0) is 77.6 Å². The molecule has 0 aromatic heterocycles. The van der Waals surface area contributed by atoms with Gasteiger partial charge in [0.25, 0.3) is 0 Å². The summed E-state index contributed by atoms with van der Waals surface area (Å²) in [5.74, 6) is -0.218. The summed E-state index contributed by atoms with van der Waals surface area (Å²) in [7, 11) is 1.55. The van der Waals surface area contributed by atoms with E-state index in [1.807, 2.05) is 36.4 Å². The van der Waals surface area contributed by atoms with E-state index in [0.29, 0.717) is 30.9 Å². The monoisotopic (exact) mass is 815 g/mol. The van der Waals surface area contributed by atoms with Crippen LogP contribution < -0.4 is 9.47 Å². The number of hydrogen-bond donors (Lipinski definition) is 2. The molecule has 2 aliphatic carbocycles. The van der Waals surface area contributed by atoms with Crippen LogP contribution in [0.2, 0.25) is 0 Å². The number of unbranched alkanes of at least 4 members (excludes halogenated alkanes) is 2. The van der Waals surface area contributed by atoms with E-state index in [2.05, 4.69) is 41.8 Å². The quantitative estimate of drug-likeness (QED) is 0.0367. The van der Waals surface area contributed by atoms with Crippen LogP contribution in [-0.2, 0) is 20.9 Å². The Morgan fingerprint density at radius 3 is 2.60 bits per heavy atom. The largest absolute Gasteiger partial charge is 0.492 e. The van der Waals surface area contributed by atoms with Crippen LogP contribution in [0.15, 0.2) is 90.1 Å². The fourth-order valence-corrected chi connectivity index (χ4v) is 9.64. The fourth-order valence-electron chi connectivity index (χ4n) is 9.56. The predicted molar refractivity (Wildman–Crippen MR) is 225 cm³/mol. The number of fused-ring (bicyclic) bond motifs is 3. The Hall–Kier alpha value is -4.13. The van der Waals surface area contributed by atoms with Crippen LogP contribution in [0.25, 0.3) is 10.8 Å². The number of benzene rings is 3. The Balaban J connectivity index is 1.42. The zero-order valence-corrected chi connectivity index (χ0v) is 34.4. The molecule has 0 spiro atoms. The van der Waals surface area contributed by atoms with Gasteiger partial charge in [-0.15, -0.1) is 18.2 Å². The van der Waals surface area contributed by atoms with Crippen molar-refractivity contribution < 1.29 is 38.8 Å². The van der Waals surface area contributed by atoms with Gasteiger partial charge in [0.05, 0.1) is 30.7 Å². The van der Waals surface area contributed by atoms with Crippen molar-refractivity contribution in [2.24, 2.45) is 22.9 Å². The molecule has 4 aliphatic rings. The molecule has 2 aliphatic heterocycles. The van der Waals surface area contributed by atoms with Gasteiger partial charge in [0, 0.05) is 50.8 Å². The number of oxime groups is 1. The molecule has 1 saturated carbocycles. The number of aliphatic hydroxyl groups is 2. The van der Waals surface area contributed by atoms with Gasteiger partial charge in [-0.1, -0.05) is 72.6 Å². The Bertz CT molecular complexity index is 1930. The number of alkyl halides is 1. The molecule has 3 aromatic rings. The lowest BCUT2D eigenvalue weighted by Gasteiger charge is -2.59. The number of carbonyl (C=O) groups is 1. The number of amides is 1. The maximum atomic E-state index is 14.6. The minimum absolute atomic E-state index is 0.0303. The average Bonchev–Trinajstić information content (AvgIpc) is 4.07. The average molecular weight is 816 g/mol. The first kappa shape index (κ1) is 42.0. The van der Waals surface area contributed by atoms with Crippen LogP contribution in [0.1, 0.15) is 62.0 Å². The molecular weight excluding hydrogens is 758 g/mol. The van der Waals surface area contributed by atoms with Crippen LogP contribution in [-0.4, -0.2) is 109 Å². The summed E-state index contributed by atoms with van der Waals surface area (Å²) in [6, 6.07) is 19.6. The lowest BCUT2D eigenvalue weighted by Crippen LogP contribution is -2.70. The third kappa shape index (κ3) is 9.04. The van der Waals surface area contributed by atoms with Crippen molar-refractivity contribution in [1.82, 2.24) is 9.80 Å². The minimum atomic E-state index is -1.41. The number of halogens is 1. The van der Waals surface area contributed by atoms with Gasteiger partial charge in [-0.25, -0.2) is 4.79 Å². The van der Waals surface area contributed by atoms with Crippen LogP contribution in [0, 0.1) is 17.8 Å². The predicted octanol–water partition coefficient (Wildman–Crippen LogP) is 7.68. The summed E-state index contributed by atoms with van der Waals surface area (Å²) in [5.41, 5.74) is 3.64. The molecule has 1 amide bonds. The first-order valence-electron chi connectivity index (χ1n) is 20.9. The molecule has 0 unspecified atom stereocenters. The van der Waals surface area contributed by atoms with Crippen molar-refractivity contribution >= 4 is 34.2 Å². The molecule has 2 N–H and O–H groups in total. The van der Waals surface area contributed by atoms with Gasteiger partial charge < -0.3 is 34.0 Å². The Morgan fingerprint density at radius 1 is 1.05 bits per heavy atom. The van der Waals surface area contributed by atoms with E-state index in [-0.39, 0.29) is 63.0 Å². The number of hydrogen-bond acceptors (Lipinski definition) is 10. The van der Waals surface area contributed by atoms with Gasteiger partial charge >= 0.3 is 6.09 Å². The first-order chi connectivity index (χ1) is 28.5. The standard InChI is InChI=1S/C46H58ClN3O8/c1-3-25-57-46-42(50(45(53)56-26-19-47)31-34-14-10-13-32-11-4-5-15-36(32)34)30-40(48-54-2)38-28-33(12-6-8-23-51)37(16-7-9-24-52)43(44(38)46)39-29-35(17-18-41(39)58-46)55-27-22-49-20-21-49/h3-5,10-11,13-15,17-18,28-29,33,37,42-44,51-52H,1,6-9,12,16,19-27,30-31H2,2H3/t33-,37+,42-,43+,44+,46+/m0/s1. The number of rotatable bonds is 21. The molecule has 312 valence electrons. The number of nitrogens with zero attached hydrogens (tertiary/aromatic N) is 3. The van der Waals surface area contributed by atoms with E-state index >= 15 is 0 Å². The summed E-state index contributed by atoms with van der Waals surface area (Å²) in [6.07, 6.45) is 8.53. The highest BCUT2D eigenvalue weighted by molar-refractivity contribution is 6.18. The minimum Gasteiger partial charge on any atom is -0.492 e. The molecule has 3 aromatic carbocycles. The smallest absolute Gasteiger partial charge is 0.410 e. The summed E-state index contributed by atoms with van der Waals surface area (Å²) in [6.45, 7) is 8.31. The molecule has 11 nitrogen and oxygen atoms in total. The summed E-state index contributed by atoms with van der Waals surface area (Å²) >= 11 is 6.11. The summed E-state index contributed by atoms with van der Waals surface area (Å²) in [4.78, 5) is 24.3. The topological polar surface area (TPSA) is 122 Å². The molecule has 6 atom stereocenters. The van der Waals surface area contributed by atoms with E-state index in [1.54, 1.807) is 18.1 Å². The van der Waals surface area contributed by atoms with Crippen LogP contribution >= 0.6 is 11.6 Å². The molecule has 7 rings (SSSR count).